The van der Waals surface area contributed by atoms with E-state index in [0.29, 0.717) is 11.1 Å². The molecule has 2 aromatic rings. The number of carbonyl (C=O) groups excluding carboxylic acids is 2. The molecule has 128 valence electrons. The van der Waals surface area contributed by atoms with Crippen LogP contribution in [0.5, 0.6) is 5.75 Å². The summed E-state index contributed by atoms with van der Waals surface area (Å²) in [5.41, 5.74) is 2.12. The lowest BCUT2D eigenvalue weighted by atomic mass is 10.1. The van der Waals surface area contributed by atoms with Gasteiger partial charge in [-0.1, -0.05) is 24.3 Å². The third-order valence-corrected chi connectivity index (χ3v) is 5.11. The van der Waals surface area contributed by atoms with Gasteiger partial charge in [-0.2, -0.15) is 0 Å². The first-order chi connectivity index (χ1) is 12.3. The third kappa shape index (κ3) is 3.03. The third-order valence-electron chi connectivity index (χ3n) is 4.32. The second-order valence-electron chi connectivity index (χ2n) is 5.91. The van der Waals surface area contributed by atoms with Crippen molar-refractivity contribution in [3.63, 3.8) is 0 Å². The zero-order valence-corrected chi connectivity index (χ0v) is 14.4. The molecule has 0 saturated carbocycles. The number of imide groups is 1. The van der Waals surface area contributed by atoms with Gasteiger partial charge in [0.2, 0.25) is 0 Å². The van der Waals surface area contributed by atoms with Crippen LogP contribution < -0.4 is 4.74 Å². The van der Waals surface area contributed by atoms with Crippen LogP contribution >= 0.6 is 12.0 Å². The SMILES string of the molecule is O=C1c2ccccc2C(=O)N1CCOSc1cccc2c1OCCC2. The maximum atomic E-state index is 12.3. The van der Waals surface area contributed by atoms with Crippen molar-refractivity contribution >= 4 is 23.9 Å². The van der Waals surface area contributed by atoms with Gasteiger partial charge < -0.3 is 8.92 Å². The number of amides is 2. The molecule has 2 aromatic carbocycles. The number of hydrogen-bond acceptors (Lipinski definition) is 5. The molecular formula is C19H17NO4S. The Morgan fingerprint density at radius 2 is 1.80 bits per heavy atom. The molecule has 6 heteroatoms. The molecule has 2 amide bonds. The van der Waals surface area contributed by atoms with Crippen LogP contribution in [0.25, 0.3) is 0 Å². The van der Waals surface area contributed by atoms with Gasteiger partial charge in [0, 0.05) is 12.0 Å². The smallest absolute Gasteiger partial charge is 0.261 e. The molecule has 2 heterocycles. The predicted molar refractivity (Wildman–Crippen MR) is 93.9 cm³/mol. The largest absolute Gasteiger partial charge is 0.492 e. The van der Waals surface area contributed by atoms with Gasteiger partial charge >= 0.3 is 0 Å². The molecule has 0 spiro atoms. The van der Waals surface area contributed by atoms with Gasteiger partial charge in [0.25, 0.3) is 11.8 Å². The Hall–Kier alpha value is -2.31. The Kier molecular flexibility index (Phi) is 4.46. The summed E-state index contributed by atoms with van der Waals surface area (Å²) < 4.78 is 11.4. The van der Waals surface area contributed by atoms with Crippen LogP contribution in [0.15, 0.2) is 47.4 Å². The second kappa shape index (κ2) is 6.90. The van der Waals surface area contributed by atoms with Crippen molar-refractivity contribution in [3.8, 4) is 5.75 Å². The Bertz CT molecular complexity index is 801. The highest BCUT2D eigenvalue weighted by Gasteiger charge is 2.34. The molecule has 0 N–H and O–H groups in total. The second-order valence-corrected chi connectivity index (χ2v) is 6.75. The van der Waals surface area contributed by atoms with E-state index in [1.54, 1.807) is 24.3 Å². The lowest BCUT2D eigenvalue weighted by Crippen LogP contribution is -2.32. The number of aryl methyl sites for hydroxylation is 1. The fraction of sp³-hybridized carbons (Fsp3) is 0.263. The number of nitrogens with zero attached hydrogens (tertiary/aromatic N) is 1. The fourth-order valence-corrected chi connectivity index (χ4v) is 3.79. The van der Waals surface area contributed by atoms with E-state index in [0.717, 1.165) is 30.1 Å². The van der Waals surface area contributed by atoms with Crippen molar-refractivity contribution < 1.29 is 18.5 Å². The van der Waals surface area contributed by atoms with Crippen molar-refractivity contribution in [2.75, 3.05) is 19.8 Å². The predicted octanol–water partition coefficient (Wildman–Crippen LogP) is 3.33. The highest BCUT2D eigenvalue weighted by Crippen LogP contribution is 2.36. The Balaban J connectivity index is 1.35. The number of fused-ring (bicyclic) bond motifs is 2. The van der Waals surface area contributed by atoms with Gasteiger partial charge in [-0.05, 0) is 36.6 Å². The molecule has 0 saturated heterocycles. The summed E-state index contributed by atoms with van der Waals surface area (Å²) >= 11 is 1.23. The summed E-state index contributed by atoms with van der Waals surface area (Å²) in [6, 6.07) is 12.9. The average Bonchev–Trinajstić information content (AvgIpc) is 2.90. The van der Waals surface area contributed by atoms with E-state index in [9.17, 15) is 9.59 Å². The van der Waals surface area contributed by atoms with E-state index in [1.165, 1.54) is 22.5 Å². The number of benzene rings is 2. The summed E-state index contributed by atoms with van der Waals surface area (Å²) in [5, 5.41) is 0. The fourth-order valence-electron chi connectivity index (χ4n) is 3.10. The first kappa shape index (κ1) is 16.2. The summed E-state index contributed by atoms with van der Waals surface area (Å²) in [6.45, 7) is 1.22. The maximum Gasteiger partial charge on any atom is 0.261 e. The van der Waals surface area contributed by atoms with Gasteiger partial charge in [0.1, 0.15) is 5.75 Å². The minimum absolute atomic E-state index is 0.231. The minimum atomic E-state index is -0.255. The number of para-hydroxylation sites is 1. The van der Waals surface area contributed by atoms with Crippen molar-refractivity contribution in [3.05, 3.63) is 59.2 Å². The summed E-state index contributed by atoms with van der Waals surface area (Å²) in [7, 11) is 0. The standard InChI is InChI=1S/C19H17NO4S/c21-18-14-7-1-2-8-15(14)19(22)20(18)10-12-24-25-16-9-3-5-13-6-4-11-23-17(13)16/h1-3,5,7-9H,4,6,10-12H2. The Morgan fingerprint density at radius 3 is 2.56 bits per heavy atom. The van der Waals surface area contributed by atoms with Crippen LogP contribution in [-0.4, -0.2) is 36.5 Å². The van der Waals surface area contributed by atoms with E-state index in [2.05, 4.69) is 6.07 Å². The van der Waals surface area contributed by atoms with E-state index < -0.39 is 0 Å². The lowest BCUT2D eigenvalue weighted by molar-refractivity contribution is 0.0636. The first-order valence-electron chi connectivity index (χ1n) is 8.25. The number of carbonyl (C=O) groups is 2. The Labute approximate surface area is 150 Å². The van der Waals surface area contributed by atoms with Gasteiger partial charge in [-0.25, -0.2) is 0 Å². The molecule has 5 nitrogen and oxygen atoms in total. The van der Waals surface area contributed by atoms with Gasteiger partial charge in [0.15, 0.2) is 0 Å². The zero-order valence-electron chi connectivity index (χ0n) is 13.6. The summed E-state index contributed by atoms with van der Waals surface area (Å²) in [6.07, 6.45) is 2.04. The van der Waals surface area contributed by atoms with Gasteiger partial charge in [-0.15, -0.1) is 0 Å². The normalized spacial score (nSPS) is 15.8. The molecule has 2 aliphatic heterocycles. The van der Waals surface area contributed by atoms with E-state index >= 15 is 0 Å². The van der Waals surface area contributed by atoms with Crippen LogP contribution in [0.2, 0.25) is 0 Å². The van der Waals surface area contributed by atoms with Crippen molar-refractivity contribution in [2.45, 2.75) is 17.7 Å². The molecule has 0 unspecified atom stereocenters. The molecule has 0 aliphatic carbocycles. The van der Waals surface area contributed by atoms with Crippen LogP contribution in [0.1, 0.15) is 32.7 Å². The zero-order chi connectivity index (χ0) is 17.2. The molecule has 0 bridgehead atoms. The topological polar surface area (TPSA) is 55.8 Å². The molecule has 25 heavy (non-hydrogen) atoms. The van der Waals surface area contributed by atoms with Crippen LogP contribution in [0.4, 0.5) is 0 Å². The van der Waals surface area contributed by atoms with Crippen LogP contribution in [0, 0.1) is 0 Å². The monoisotopic (exact) mass is 355 g/mol. The van der Waals surface area contributed by atoms with Gasteiger partial charge in [-0.3, -0.25) is 14.5 Å². The quantitative estimate of drug-likeness (QED) is 0.468. The molecular weight excluding hydrogens is 338 g/mol. The maximum absolute atomic E-state index is 12.3. The van der Waals surface area contributed by atoms with Crippen molar-refractivity contribution in [2.24, 2.45) is 0 Å². The Morgan fingerprint density at radius 1 is 1.04 bits per heavy atom. The highest BCUT2D eigenvalue weighted by atomic mass is 32.2. The molecule has 0 atom stereocenters. The molecule has 2 aliphatic rings. The summed E-state index contributed by atoms with van der Waals surface area (Å²) in [5.74, 6) is 0.378. The average molecular weight is 355 g/mol. The number of rotatable bonds is 5. The molecule has 4 rings (SSSR count). The van der Waals surface area contributed by atoms with Gasteiger partial charge in [0.05, 0.1) is 35.8 Å². The van der Waals surface area contributed by atoms with E-state index in [4.69, 9.17) is 8.92 Å². The molecule has 0 aromatic heterocycles. The van der Waals surface area contributed by atoms with Crippen molar-refractivity contribution in [1.29, 1.82) is 0 Å². The summed E-state index contributed by atoms with van der Waals surface area (Å²) in [4.78, 5) is 26.7. The van der Waals surface area contributed by atoms with E-state index in [1.807, 2.05) is 12.1 Å². The van der Waals surface area contributed by atoms with Crippen LogP contribution in [-0.2, 0) is 10.6 Å². The van der Waals surface area contributed by atoms with Crippen LogP contribution in [0.3, 0.4) is 0 Å². The minimum Gasteiger partial charge on any atom is -0.492 e. The van der Waals surface area contributed by atoms with Crippen molar-refractivity contribution in [1.82, 2.24) is 4.90 Å². The first-order valence-corrected chi connectivity index (χ1v) is 8.99. The highest BCUT2D eigenvalue weighted by molar-refractivity contribution is 7.94. The number of hydrogen-bond donors (Lipinski definition) is 0. The number of ether oxygens (including phenoxy) is 1. The molecule has 0 radical (unpaired) electrons. The van der Waals surface area contributed by atoms with E-state index in [-0.39, 0.29) is 25.0 Å². The molecule has 0 fully saturated rings. The lowest BCUT2D eigenvalue weighted by Gasteiger charge is -2.19.